The Morgan fingerprint density at radius 2 is 2.12 bits per heavy atom. The molecule has 0 bridgehead atoms. The molecule has 0 saturated carbocycles. The number of nitrogens with one attached hydrogen (secondary N) is 3. The van der Waals surface area contributed by atoms with Crippen LogP contribution < -0.4 is 16.1 Å². The fourth-order valence-corrected chi connectivity index (χ4v) is 4.38. The number of nitrogens with zero attached hydrogens (tertiary/aromatic N) is 2. The molecule has 0 saturated heterocycles. The molecule has 0 atom stereocenters. The summed E-state index contributed by atoms with van der Waals surface area (Å²) in [7, 11) is -3.90. The number of hydrazine groups is 1. The van der Waals surface area contributed by atoms with Crippen LogP contribution in [-0.4, -0.2) is 34.9 Å². The van der Waals surface area contributed by atoms with E-state index in [9.17, 15) is 18.0 Å². The highest BCUT2D eigenvalue weighted by atomic mass is 32.2. The van der Waals surface area contributed by atoms with Crippen molar-refractivity contribution in [1.29, 1.82) is 0 Å². The fourth-order valence-electron chi connectivity index (χ4n) is 3.04. The van der Waals surface area contributed by atoms with Gasteiger partial charge in [-0.1, -0.05) is 0 Å². The summed E-state index contributed by atoms with van der Waals surface area (Å²) in [5.74, 6) is -0.647. The first-order chi connectivity index (χ1) is 12.3. The number of aromatic nitrogens is 3. The SMILES string of the molecule is Cc1cc2[nH]c(=O)oc2cc1S(=O)(=O)NN1CCc2c(nc[nH]c2=O)C1. The Balaban J connectivity index is 1.65. The Morgan fingerprint density at radius 1 is 1.31 bits per heavy atom. The number of aromatic amines is 2. The topological polar surface area (TPSA) is 141 Å². The number of H-pyrrole nitrogens is 2. The Kier molecular flexibility index (Phi) is 3.79. The third kappa shape index (κ3) is 2.85. The van der Waals surface area contributed by atoms with Crippen molar-refractivity contribution in [3.8, 4) is 0 Å². The lowest BCUT2D eigenvalue weighted by atomic mass is 10.1. The number of fused-ring (bicyclic) bond motifs is 2. The van der Waals surface area contributed by atoms with Gasteiger partial charge < -0.3 is 9.40 Å². The van der Waals surface area contributed by atoms with Gasteiger partial charge in [0.25, 0.3) is 15.6 Å². The molecule has 0 radical (unpaired) electrons. The van der Waals surface area contributed by atoms with Gasteiger partial charge in [-0.2, -0.15) is 0 Å². The van der Waals surface area contributed by atoms with E-state index in [0.717, 1.165) is 0 Å². The Labute approximate surface area is 146 Å². The van der Waals surface area contributed by atoms with Crippen molar-refractivity contribution < 1.29 is 12.8 Å². The van der Waals surface area contributed by atoms with E-state index in [-0.39, 0.29) is 22.6 Å². The molecule has 0 aliphatic carbocycles. The lowest BCUT2D eigenvalue weighted by molar-refractivity contribution is 0.216. The van der Waals surface area contributed by atoms with E-state index in [2.05, 4.69) is 19.8 Å². The minimum atomic E-state index is -3.90. The van der Waals surface area contributed by atoms with Crippen LogP contribution >= 0.6 is 0 Å². The summed E-state index contributed by atoms with van der Waals surface area (Å²) in [5, 5.41) is 1.49. The van der Waals surface area contributed by atoms with Crippen molar-refractivity contribution in [3.63, 3.8) is 0 Å². The number of hydrogen-bond donors (Lipinski definition) is 3. The molecule has 26 heavy (non-hydrogen) atoms. The number of sulfonamides is 1. The van der Waals surface area contributed by atoms with Gasteiger partial charge in [0.2, 0.25) is 0 Å². The number of hydrogen-bond acceptors (Lipinski definition) is 7. The van der Waals surface area contributed by atoms with Crippen LogP contribution in [0.4, 0.5) is 0 Å². The first-order valence-corrected chi connectivity index (χ1v) is 9.28. The Bertz CT molecular complexity index is 1220. The van der Waals surface area contributed by atoms with Crippen LogP contribution in [0.2, 0.25) is 0 Å². The molecule has 0 unspecified atom stereocenters. The van der Waals surface area contributed by atoms with Gasteiger partial charge in [-0.25, -0.2) is 23.2 Å². The monoisotopic (exact) mass is 377 g/mol. The van der Waals surface area contributed by atoms with Gasteiger partial charge in [0.15, 0.2) is 5.58 Å². The van der Waals surface area contributed by atoms with E-state index < -0.39 is 15.8 Å². The average Bonchev–Trinajstić information content (AvgIpc) is 2.92. The molecule has 10 nitrogen and oxygen atoms in total. The van der Waals surface area contributed by atoms with E-state index in [1.54, 1.807) is 13.0 Å². The summed E-state index contributed by atoms with van der Waals surface area (Å²) in [6.07, 6.45) is 1.68. The molecular formula is C15H15N5O5S. The minimum absolute atomic E-state index is 0.0115. The second-order valence-electron chi connectivity index (χ2n) is 6.05. The molecule has 0 spiro atoms. The van der Waals surface area contributed by atoms with Crippen LogP contribution in [-0.2, 0) is 23.0 Å². The Morgan fingerprint density at radius 3 is 2.92 bits per heavy atom. The van der Waals surface area contributed by atoms with Gasteiger partial charge in [-0.05, 0) is 25.0 Å². The first kappa shape index (κ1) is 16.7. The molecule has 136 valence electrons. The van der Waals surface area contributed by atoms with Crippen molar-refractivity contribution in [2.75, 3.05) is 6.54 Å². The summed E-state index contributed by atoms with van der Waals surface area (Å²) < 4.78 is 30.5. The van der Waals surface area contributed by atoms with E-state index >= 15 is 0 Å². The highest BCUT2D eigenvalue weighted by molar-refractivity contribution is 7.89. The predicted molar refractivity (Wildman–Crippen MR) is 90.9 cm³/mol. The normalized spacial score (nSPS) is 15.3. The second-order valence-corrected chi connectivity index (χ2v) is 7.68. The molecule has 3 N–H and O–H groups in total. The van der Waals surface area contributed by atoms with Crippen LogP contribution in [0.1, 0.15) is 16.8 Å². The minimum Gasteiger partial charge on any atom is -0.408 e. The van der Waals surface area contributed by atoms with Crippen molar-refractivity contribution in [3.05, 3.63) is 56.2 Å². The molecule has 2 aromatic heterocycles. The smallest absolute Gasteiger partial charge is 0.408 e. The van der Waals surface area contributed by atoms with Crippen LogP contribution in [0.15, 0.2) is 37.4 Å². The van der Waals surface area contributed by atoms with Gasteiger partial charge in [-0.3, -0.25) is 9.78 Å². The maximum absolute atomic E-state index is 12.8. The van der Waals surface area contributed by atoms with Gasteiger partial charge in [0, 0.05) is 18.2 Å². The molecule has 1 aromatic carbocycles. The van der Waals surface area contributed by atoms with Crippen molar-refractivity contribution in [2.45, 2.75) is 24.8 Å². The molecule has 0 fully saturated rings. The number of benzene rings is 1. The number of oxazole rings is 1. The third-order valence-corrected chi connectivity index (χ3v) is 5.78. The fraction of sp³-hybridized carbons (Fsp3) is 0.267. The van der Waals surface area contributed by atoms with Crippen LogP contribution in [0, 0.1) is 6.92 Å². The highest BCUT2D eigenvalue weighted by Crippen LogP contribution is 2.22. The van der Waals surface area contributed by atoms with Crippen molar-refractivity contribution in [1.82, 2.24) is 24.8 Å². The van der Waals surface area contributed by atoms with Crippen LogP contribution in [0.5, 0.6) is 0 Å². The van der Waals surface area contributed by atoms with E-state index in [1.807, 2.05) is 0 Å². The molecule has 3 heterocycles. The number of aryl methyl sites for hydroxylation is 1. The first-order valence-electron chi connectivity index (χ1n) is 7.80. The zero-order chi connectivity index (χ0) is 18.5. The van der Waals surface area contributed by atoms with Crippen LogP contribution in [0.25, 0.3) is 11.1 Å². The largest absolute Gasteiger partial charge is 0.417 e. The molecule has 11 heteroatoms. The quantitative estimate of drug-likeness (QED) is 0.572. The molecule has 4 rings (SSSR count). The third-order valence-electron chi connectivity index (χ3n) is 4.27. The van der Waals surface area contributed by atoms with E-state index in [1.165, 1.54) is 17.4 Å². The van der Waals surface area contributed by atoms with Crippen molar-refractivity contribution >= 4 is 21.1 Å². The molecule has 3 aromatic rings. The molecule has 1 aliphatic rings. The zero-order valence-electron chi connectivity index (χ0n) is 13.7. The van der Waals surface area contributed by atoms with Gasteiger partial charge in [-0.15, -0.1) is 4.83 Å². The van der Waals surface area contributed by atoms with E-state index in [4.69, 9.17) is 4.42 Å². The molecule has 1 aliphatic heterocycles. The highest BCUT2D eigenvalue weighted by Gasteiger charge is 2.26. The van der Waals surface area contributed by atoms with Gasteiger partial charge in [0.05, 0.1) is 29.0 Å². The summed E-state index contributed by atoms with van der Waals surface area (Å²) >= 11 is 0. The zero-order valence-corrected chi connectivity index (χ0v) is 14.5. The molecular weight excluding hydrogens is 362 g/mol. The van der Waals surface area contributed by atoms with Crippen LogP contribution in [0.3, 0.4) is 0 Å². The molecule has 0 amide bonds. The van der Waals surface area contributed by atoms with E-state index in [0.29, 0.717) is 35.3 Å². The average molecular weight is 377 g/mol. The Hall–Kier alpha value is -2.76. The lowest BCUT2D eigenvalue weighted by Crippen LogP contribution is -2.46. The standard InChI is InChI=1S/C15H15N5O5S/c1-8-4-10-12(25-15(22)18-10)5-13(8)26(23,24)19-20-3-2-9-11(6-20)16-7-17-14(9)21/h4-5,7,19H,2-3,6H2,1H3,(H,18,22)(H,16,17,21). The second kappa shape index (κ2) is 5.90. The number of rotatable bonds is 3. The predicted octanol–water partition coefficient (Wildman–Crippen LogP) is -0.236. The summed E-state index contributed by atoms with van der Waals surface area (Å²) in [6.45, 7) is 2.15. The summed E-state index contributed by atoms with van der Waals surface area (Å²) in [4.78, 5) is 34.7. The summed E-state index contributed by atoms with van der Waals surface area (Å²) in [5.41, 5.74) is 1.96. The summed E-state index contributed by atoms with van der Waals surface area (Å²) in [6, 6.07) is 2.85. The van der Waals surface area contributed by atoms with Gasteiger partial charge >= 0.3 is 5.76 Å². The lowest BCUT2D eigenvalue weighted by Gasteiger charge is -2.27. The maximum Gasteiger partial charge on any atom is 0.417 e. The maximum atomic E-state index is 12.8. The van der Waals surface area contributed by atoms with Gasteiger partial charge in [0.1, 0.15) is 0 Å². The van der Waals surface area contributed by atoms with Crippen molar-refractivity contribution in [2.24, 2.45) is 0 Å².